The summed E-state index contributed by atoms with van der Waals surface area (Å²) in [6.07, 6.45) is 5.24. The Bertz CT molecular complexity index is 502. The molecule has 0 bridgehead atoms. The summed E-state index contributed by atoms with van der Waals surface area (Å²) in [5.74, 6) is 0. The molecule has 1 aromatic carbocycles. The van der Waals surface area contributed by atoms with Gasteiger partial charge in [0.1, 0.15) is 0 Å². The van der Waals surface area contributed by atoms with Crippen molar-refractivity contribution < 1.29 is 9.90 Å². The SMILES string of the molecule is CCCC(C)(CO)NC(=O)NCc1ccc2c(c1)CCC2. The van der Waals surface area contributed by atoms with E-state index in [-0.39, 0.29) is 12.6 Å². The van der Waals surface area contributed by atoms with Crippen LogP contribution in [0.5, 0.6) is 0 Å². The quantitative estimate of drug-likeness (QED) is 0.754. The van der Waals surface area contributed by atoms with Crippen LogP contribution < -0.4 is 10.6 Å². The predicted octanol–water partition coefficient (Wildman–Crippen LogP) is 2.53. The van der Waals surface area contributed by atoms with E-state index >= 15 is 0 Å². The van der Waals surface area contributed by atoms with Gasteiger partial charge in [-0.1, -0.05) is 31.5 Å². The summed E-state index contributed by atoms with van der Waals surface area (Å²) in [7, 11) is 0. The van der Waals surface area contributed by atoms with Gasteiger partial charge in [-0.25, -0.2) is 4.79 Å². The van der Waals surface area contributed by atoms with Crippen molar-refractivity contribution in [1.82, 2.24) is 10.6 Å². The third-order valence-corrected chi connectivity index (χ3v) is 4.18. The Hall–Kier alpha value is -1.55. The number of aliphatic hydroxyl groups excluding tert-OH is 1. The van der Waals surface area contributed by atoms with E-state index in [0.29, 0.717) is 6.54 Å². The molecule has 21 heavy (non-hydrogen) atoms. The number of aryl methyl sites for hydroxylation is 2. The Morgan fingerprint density at radius 3 is 2.81 bits per heavy atom. The van der Waals surface area contributed by atoms with Crippen molar-refractivity contribution >= 4 is 6.03 Å². The van der Waals surface area contributed by atoms with Crippen molar-refractivity contribution in [2.24, 2.45) is 0 Å². The third-order valence-electron chi connectivity index (χ3n) is 4.18. The van der Waals surface area contributed by atoms with Gasteiger partial charge >= 0.3 is 6.03 Å². The number of hydrogen-bond acceptors (Lipinski definition) is 2. The van der Waals surface area contributed by atoms with Crippen molar-refractivity contribution in [3.05, 3.63) is 34.9 Å². The number of benzene rings is 1. The van der Waals surface area contributed by atoms with E-state index in [9.17, 15) is 9.90 Å². The Morgan fingerprint density at radius 2 is 2.10 bits per heavy atom. The van der Waals surface area contributed by atoms with Crippen LogP contribution in [0.3, 0.4) is 0 Å². The zero-order valence-electron chi connectivity index (χ0n) is 13.0. The molecule has 4 heteroatoms. The van der Waals surface area contributed by atoms with Gasteiger partial charge in [-0.05, 0) is 49.3 Å². The maximum Gasteiger partial charge on any atom is 0.315 e. The first-order chi connectivity index (χ1) is 10.1. The van der Waals surface area contributed by atoms with Crippen molar-refractivity contribution in [1.29, 1.82) is 0 Å². The molecule has 0 saturated carbocycles. The lowest BCUT2D eigenvalue weighted by molar-refractivity contribution is 0.163. The van der Waals surface area contributed by atoms with Crippen molar-refractivity contribution in [3.8, 4) is 0 Å². The van der Waals surface area contributed by atoms with Gasteiger partial charge in [0.05, 0.1) is 12.1 Å². The average Bonchev–Trinajstić information content (AvgIpc) is 2.93. The van der Waals surface area contributed by atoms with Gasteiger partial charge in [-0.2, -0.15) is 0 Å². The summed E-state index contributed by atoms with van der Waals surface area (Å²) in [6.45, 7) is 4.38. The highest BCUT2D eigenvalue weighted by atomic mass is 16.3. The summed E-state index contributed by atoms with van der Waals surface area (Å²) < 4.78 is 0. The topological polar surface area (TPSA) is 61.4 Å². The van der Waals surface area contributed by atoms with Crippen LogP contribution in [0, 0.1) is 0 Å². The number of aliphatic hydroxyl groups is 1. The molecule has 3 N–H and O–H groups in total. The third kappa shape index (κ3) is 4.21. The number of nitrogens with one attached hydrogen (secondary N) is 2. The molecule has 0 aromatic heterocycles. The largest absolute Gasteiger partial charge is 0.394 e. The minimum atomic E-state index is -0.545. The van der Waals surface area contributed by atoms with Crippen molar-refractivity contribution in [2.45, 2.75) is 58.0 Å². The van der Waals surface area contributed by atoms with Crippen molar-refractivity contribution in [3.63, 3.8) is 0 Å². The van der Waals surface area contributed by atoms with Gasteiger partial charge in [-0.15, -0.1) is 0 Å². The molecular weight excluding hydrogens is 264 g/mol. The van der Waals surface area contributed by atoms with Gasteiger partial charge in [-0.3, -0.25) is 0 Å². The van der Waals surface area contributed by atoms with E-state index in [1.165, 1.54) is 24.0 Å². The second-order valence-electron chi connectivity index (χ2n) is 6.23. The maximum absolute atomic E-state index is 12.0. The summed E-state index contributed by atoms with van der Waals surface area (Å²) in [5.41, 5.74) is 3.45. The second-order valence-corrected chi connectivity index (χ2v) is 6.23. The molecule has 1 aromatic rings. The summed E-state index contributed by atoms with van der Waals surface area (Å²) in [6, 6.07) is 6.23. The van der Waals surface area contributed by atoms with Crippen LogP contribution in [0.4, 0.5) is 4.79 Å². The van der Waals surface area contributed by atoms with Crippen LogP contribution in [0.25, 0.3) is 0 Å². The Labute approximate surface area is 126 Å². The predicted molar refractivity (Wildman–Crippen MR) is 84.2 cm³/mol. The molecule has 116 valence electrons. The molecule has 1 aliphatic rings. The number of urea groups is 1. The van der Waals surface area contributed by atoms with Gasteiger partial charge in [0, 0.05) is 6.54 Å². The van der Waals surface area contributed by atoms with Gasteiger partial charge in [0.2, 0.25) is 0 Å². The van der Waals surface area contributed by atoms with Crippen LogP contribution in [0.2, 0.25) is 0 Å². The average molecular weight is 290 g/mol. The highest BCUT2D eigenvalue weighted by Crippen LogP contribution is 2.22. The zero-order chi connectivity index (χ0) is 15.3. The summed E-state index contributed by atoms with van der Waals surface area (Å²) in [4.78, 5) is 12.0. The molecule has 2 rings (SSSR count). The molecule has 4 nitrogen and oxygen atoms in total. The number of rotatable bonds is 6. The second kappa shape index (κ2) is 6.94. The van der Waals surface area contributed by atoms with E-state index in [1.54, 1.807) is 0 Å². The molecule has 2 amide bonds. The fourth-order valence-electron chi connectivity index (χ4n) is 2.97. The summed E-state index contributed by atoms with van der Waals surface area (Å²) in [5, 5.41) is 15.2. The molecule has 0 fully saturated rings. The highest BCUT2D eigenvalue weighted by Gasteiger charge is 2.24. The standard InChI is InChI=1S/C17H26N2O2/c1-3-9-17(2,12-20)19-16(21)18-11-13-7-8-14-5-4-6-15(14)10-13/h7-8,10,20H,3-6,9,11-12H2,1-2H3,(H2,18,19,21). The van der Waals surface area contributed by atoms with Crippen LogP contribution >= 0.6 is 0 Å². The first kappa shape index (κ1) is 15.8. The Balaban J connectivity index is 1.86. The summed E-state index contributed by atoms with van der Waals surface area (Å²) >= 11 is 0. The molecular formula is C17H26N2O2. The molecule has 1 unspecified atom stereocenters. The normalized spacial score (nSPS) is 16.1. The monoisotopic (exact) mass is 290 g/mol. The minimum Gasteiger partial charge on any atom is -0.394 e. The number of fused-ring (bicyclic) bond motifs is 1. The molecule has 0 radical (unpaired) electrons. The van der Waals surface area contributed by atoms with Gasteiger partial charge in [0.15, 0.2) is 0 Å². The fourth-order valence-corrected chi connectivity index (χ4v) is 2.97. The first-order valence-electron chi connectivity index (χ1n) is 7.84. The van der Waals surface area contributed by atoms with Crippen LogP contribution in [0.15, 0.2) is 18.2 Å². The molecule has 1 atom stereocenters. The van der Waals surface area contributed by atoms with Crippen LogP contribution in [-0.4, -0.2) is 23.3 Å². The van der Waals surface area contributed by atoms with E-state index in [4.69, 9.17) is 0 Å². The molecule has 0 saturated heterocycles. The van der Waals surface area contributed by atoms with E-state index in [2.05, 4.69) is 28.8 Å². The molecule has 0 heterocycles. The number of hydrogen-bond donors (Lipinski definition) is 3. The van der Waals surface area contributed by atoms with Crippen LogP contribution in [0.1, 0.15) is 49.8 Å². The van der Waals surface area contributed by atoms with Gasteiger partial charge < -0.3 is 15.7 Å². The number of carbonyl (C=O) groups excluding carboxylic acids is 1. The zero-order valence-corrected chi connectivity index (χ0v) is 13.0. The number of carbonyl (C=O) groups is 1. The lowest BCUT2D eigenvalue weighted by atomic mass is 9.98. The van der Waals surface area contributed by atoms with E-state index < -0.39 is 5.54 Å². The van der Waals surface area contributed by atoms with E-state index in [1.807, 2.05) is 13.8 Å². The first-order valence-corrected chi connectivity index (χ1v) is 7.84. The smallest absolute Gasteiger partial charge is 0.315 e. The Kier molecular flexibility index (Phi) is 5.23. The molecule has 0 spiro atoms. The molecule has 0 aliphatic heterocycles. The van der Waals surface area contributed by atoms with E-state index in [0.717, 1.165) is 24.8 Å². The van der Waals surface area contributed by atoms with Crippen LogP contribution in [-0.2, 0) is 19.4 Å². The fraction of sp³-hybridized carbons (Fsp3) is 0.588. The maximum atomic E-state index is 12.0. The molecule has 1 aliphatic carbocycles. The van der Waals surface area contributed by atoms with Gasteiger partial charge in [0.25, 0.3) is 0 Å². The van der Waals surface area contributed by atoms with Crippen molar-refractivity contribution in [2.75, 3.05) is 6.61 Å². The lowest BCUT2D eigenvalue weighted by Crippen LogP contribution is -2.52. The lowest BCUT2D eigenvalue weighted by Gasteiger charge is -2.28. The Morgan fingerprint density at radius 1 is 1.33 bits per heavy atom. The number of amides is 2. The highest BCUT2D eigenvalue weighted by molar-refractivity contribution is 5.74. The minimum absolute atomic E-state index is 0.0485.